The van der Waals surface area contributed by atoms with Gasteiger partial charge in [-0.15, -0.1) is 0 Å². The topological polar surface area (TPSA) is 39.4 Å². The summed E-state index contributed by atoms with van der Waals surface area (Å²) in [6, 6.07) is 166. The molecule has 0 aliphatic rings. The predicted molar refractivity (Wildman–Crippen MR) is 540 cm³/mol. The van der Waals surface area contributed by atoms with Gasteiger partial charge in [-0.1, -0.05) is 413 Å². The molecule has 0 amide bonds. The van der Waals surface area contributed by atoms with E-state index in [1.807, 2.05) is 18.2 Å². The summed E-state index contributed by atoms with van der Waals surface area (Å²) >= 11 is 0. The molecule has 27 aromatic rings. The van der Waals surface area contributed by atoms with Crippen molar-refractivity contribution < 1.29 is 13.3 Å². The molecule has 27 rings (SSSR count). The van der Waals surface area contributed by atoms with E-state index in [2.05, 4.69) is 443 Å². The second-order valence-corrected chi connectivity index (χ2v) is 33.4. The number of rotatable bonds is 8. The van der Waals surface area contributed by atoms with E-state index in [1.54, 1.807) is 0 Å². The van der Waals surface area contributed by atoms with Gasteiger partial charge in [-0.3, -0.25) is 0 Å². The summed E-state index contributed by atoms with van der Waals surface area (Å²) in [6.07, 6.45) is 0. The Morgan fingerprint density at radius 2 is 0.354 bits per heavy atom. The average Bonchev–Trinajstić information content (AvgIpc) is 1.70. The molecule has 3 heterocycles. The average molecular weight is 1610 g/mol. The van der Waals surface area contributed by atoms with E-state index in [4.69, 9.17) is 13.3 Å². The van der Waals surface area contributed by atoms with Crippen LogP contribution in [0.1, 0.15) is 0 Å². The maximum absolute atomic E-state index is 6.54. The number of hydrogen-bond donors (Lipinski definition) is 0. The SMILES string of the molecule is c1ccc2c(-c3ccc(-c4c5ccccc5c(-c5ccc6oc7ccccc7c6c5)c5ccccc45)cc3)cccc2c1.c1ccc2c(-c3ccc(-c4c5ccccc5c(-c5cccc6c5oc5ccccc56)c5ccccc45)cc3)cccc2c1.c1ccc2cc3c(cc2c1)oc1ccc(-c2c4ccccc4c(-c4cccc5ccccc45)c4ccccc24)cc13. The molecule has 0 N–H and O–H groups in total. The van der Waals surface area contributed by atoms with Crippen LogP contribution in [0.3, 0.4) is 0 Å². The van der Waals surface area contributed by atoms with Gasteiger partial charge in [0, 0.05) is 43.4 Å². The van der Waals surface area contributed by atoms with E-state index in [-0.39, 0.29) is 0 Å². The molecule has 0 spiro atoms. The minimum atomic E-state index is 0.917. The van der Waals surface area contributed by atoms with Crippen LogP contribution in [-0.4, -0.2) is 0 Å². The van der Waals surface area contributed by atoms with Crippen LogP contribution in [0.5, 0.6) is 0 Å². The molecule has 0 bridgehead atoms. The van der Waals surface area contributed by atoms with Crippen LogP contribution in [0, 0.1) is 0 Å². The highest BCUT2D eigenvalue weighted by atomic mass is 16.3. The molecule has 24 aromatic carbocycles. The number of fused-ring (bicyclic) bond motifs is 19. The van der Waals surface area contributed by atoms with Crippen molar-refractivity contribution in [3.05, 3.63) is 461 Å². The second-order valence-electron chi connectivity index (χ2n) is 33.4. The lowest BCUT2D eigenvalue weighted by atomic mass is 9.84. The van der Waals surface area contributed by atoms with Crippen LogP contribution in [0.2, 0.25) is 0 Å². The maximum Gasteiger partial charge on any atom is 0.143 e. The van der Waals surface area contributed by atoms with Gasteiger partial charge in [0.15, 0.2) is 0 Å². The third-order valence-corrected chi connectivity index (χ3v) is 26.4. The van der Waals surface area contributed by atoms with Crippen LogP contribution in [0.25, 0.3) is 263 Å². The zero-order valence-electron chi connectivity index (χ0n) is 69.1. The molecule has 590 valence electrons. The highest BCUT2D eigenvalue weighted by Crippen LogP contribution is 2.52. The minimum absolute atomic E-state index is 0.917. The molecule has 3 nitrogen and oxygen atoms in total. The number of para-hydroxylation sites is 3. The van der Waals surface area contributed by atoms with Crippen molar-refractivity contribution in [1.29, 1.82) is 0 Å². The molecule has 0 atom stereocenters. The number of benzene rings is 24. The summed E-state index contributed by atoms with van der Waals surface area (Å²) in [5, 5.41) is 31.9. The first-order chi connectivity index (χ1) is 63.0. The normalized spacial score (nSPS) is 11.8. The molecule has 0 fully saturated rings. The monoisotopic (exact) mass is 1610 g/mol. The maximum atomic E-state index is 6.54. The molecule has 3 heteroatoms. The summed E-state index contributed by atoms with van der Waals surface area (Å²) in [7, 11) is 0. The van der Waals surface area contributed by atoms with E-state index >= 15 is 0 Å². The Balaban J connectivity index is 0.000000104. The molecular formula is C124H76O3. The number of furan rings is 3. The van der Waals surface area contributed by atoms with Gasteiger partial charge in [-0.05, 0) is 234 Å². The van der Waals surface area contributed by atoms with Crippen molar-refractivity contribution in [1.82, 2.24) is 0 Å². The molecule has 127 heavy (non-hydrogen) atoms. The van der Waals surface area contributed by atoms with Crippen LogP contribution < -0.4 is 0 Å². The fourth-order valence-corrected chi connectivity index (χ4v) is 20.7. The molecular weight excluding hydrogens is 1540 g/mol. The standard InChI is InChI=1S/2C42H26O.C40H24O/c1-2-13-30-27(11-1)12-9-19-31(30)28-23-25-29(26-24-28)40-33-15-3-5-17-35(33)41(36-18-6-4-16-34(36)40)38-21-10-20-37-32-14-7-8-22-39(32)43-42(37)38;1-2-12-31-27(10-1)11-9-18-32(31)28-20-22-29(23-21-28)41-34-14-3-5-16-36(34)42(37-17-6-4-15-35(37)41)30-24-25-40-38(26-30)33-13-7-8-19-39(33)43-40;1-2-12-27-24-38-36(22-26(27)11-1)35-23-28(20-21-37(35)41-38)39-31-15-5-7-17-33(31)40(34-18-8-6-16-32(34)39)30-19-9-13-25-10-3-4-14-29(25)30/h2*1-26H;1-24H. The fourth-order valence-electron chi connectivity index (χ4n) is 20.7. The predicted octanol–water partition coefficient (Wildman–Crippen LogP) is 35.6. The molecule has 3 aromatic heterocycles. The third-order valence-electron chi connectivity index (χ3n) is 26.4. The lowest BCUT2D eigenvalue weighted by molar-refractivity contribution is 0.669. The molecule has 0 unspecified atom stereocenters. The third kappa shape index (κ3) is 12.2. The summed E-state index contributed by atoms with van der Waals surface area (Å²) in [4.78, 5) is 0. The van der Waals surface area contributed by atoms with Crippen LogP contribution in [-0.2, 0) is 0 Å². The largest absolute Gasteiger partial charge is 0.456 e. The van der Waals surface area contributed by atoms with Gasteiger partial charge in [0.05, 0.1) is 0 Å². The van der Waals surface area contributed by atoms with Gasteiger partial charge in [-0.25, -0.2) is 0 Å². The van der Waals surface area contributed by atoms with Gasteiger partial charge in [0.2, 0.25) is 0 Å². The zero-order chi connectivity index (χ0) is 83.6. The minimum Gasteiger partial charge on any atom is -0.456 e. The highest BCUT2D eigenvalue weighted by molar-refractivity contribution is 6.28. The summed E-state index contributed by atoms with van der Waals surface area (Å²) < 4.78 is 19.0. The van der Waals surface area contributed by atoms with E-state index in [9.17, 15) is 0 Å². The van der Waals surface area contributed by atoms with E-state index in [0.717, 1.165) is 71.4 Å². The lowest BCUT2D eigenvalue weighted by Gasteiger charge is -2.18. The first kappa shape index (κ1) is 73.0. The summed E-state index contributed by atoms with van der Waals surface area (Å²) in [5.74, 6) is 0. The summed E-state index contributed by atoms with van der Waals surface area (Å²) in [6.45, 7) is 0. The van der Waals surface area contributed by atoms with Crippen molar-refractivity contribution in [2.24, 2.45) is 0 Å². The van der Waals surface area contributed by atoms with Crippen molar-refractivity contribution >= 4 is 174 Å². The first-order valence-electron chi connectivity index (χ1n) is 43.7. The van der Waals surface area contributed by atoms with Crippen molar-refractivity contribution in [2.75, 3.05) is 0 Å². The Morgan fingerprint density at radius 1 is 0.110 bits per heavy atom. The quantitative estimate of drug-likeness (QED) is 0.142. The van der Waals surface area contributed by atoms with Gasteiger partial charge in [-0.2, -0.15) is 0 Å². The Kier molecular flexibility index (Phi) is 17.3. The van der Waals surface area contributed by atoms with Crippen LogP contribution >= 0.6 is 0 Å². The lowest BCUT2D eigenvalue weighted by Crippen LogP contribution is -1.91. The molecule has 0 aliphatic carbocycles. The van der Waals surface area contributed by atoms with Gasteiger partial charge >= 0.3 is 0 Å². The van der Waals surface area contributed by atoms with E-state index < -0.39 is 0 Å². The second kappa shape index (κ2) is 30.1. The van der Waals surface area contributed by atoms with Crippen molar-refractivity contribution in [3.63, 3.8) is 0 Å². The highest BCUT2D eigenvalue weighted by Gasteiger charge is 2.25. The van der Waals surface area contributed by atoms with E-state index in [1.165, 1.54) is 191 Å². The summed E-state index contributed by atoms with van der Waals surface area (Å²) in [5.41, 5.74) is 25.3. The Morgan fingerprint density at radius 3 is 0.780 bits per heavy atom. The molecule has 0 saturated carbocycles. The molecule has 0 saturated heterocycles. The Bertz CT molecular complexity index is 8950. The van der Waals surface area contributed by atoms with Crippen LogP contribution in [0.15, 0.2) is 474 Å². The Labute approximate surface area is 731 Å². The van der Waals surface area contributed by atoms with Crippen molar-refractivity contribution in [3.8, 4) is 89.0 Å². The molecule has 0 aliphatic heterocycles. The van der Waals surface area contributed by atoms with Gasteiger partial charge in [0.1, 0.15) is 33.5 Å². The van der Waals surface area contributed by atoms with Crippen molar-refractivity contribution in [2.45, 2.75) is 0 Å². The van der Waals surface area contributed by atoms with Gasteiger partial charge in [0.25, 0.3) is 0 Å². The number of hydrogen-bond acceptors (Lipinski definition) is 3. The Hall–Kier alpha value is -16.7. The van der Waals surface area contributed by atoms with E-state index in [0.29, 0.717) is 0 Å². The fraction of sp³-hybridized carbons (Fsp3) is 0. The molecule has 0 radical (unpaired) electrons. The van der Waals surface area contributed by atoms with Crippen LogP contribution in [0.4, 0.5) is 0 Å². The zero-order valence-corrected chi connectivity index (χ0v) is 69.1. The first-order valence-corrected chi connectivity index (χ1v) is 43.7. The smallest absolute Gasteiger partial charge is 0.143 e. The van der Waals surface area contributed by atoms with Gasteiger partial charge < -0.3 is 13.3 Å².